The molecule has 0 bridgehead atoms. The van der Waals surface area contributed by atoms with Crippen LogP contribution in [0.4, 0.5) is 0 Å². The van der Waals surface area contributed by atoms with E-state index >= 15 is 0 Å². The summed E-state index contributed by atoms with van der Waals surface area (Å²) >= 11 is 0. The van der Waals surface area contributed by atoms with Gasteiger partial charge in [-0.05, 0) is 56.2 Å². The lowest BCUT2D eigenvalue weighted by Crippen LogP contribution is -2.51. The van der Waals surface area contributed by atoms with Gasteiger partial charge in [-0.3, -0.25) is 4.79 Å². The van der Waals surface area contributed by atoms with Gasteiger partial charge in [0.1, 0.15) is 5.76 Å². The number of piperidine rings is 2. The van der Waals surface area contributed by atoms with Crippen LogP contribution in [0.3, 0.4) is 0 Å². The standard InChI is InChI=1S/C22H28N2O2/c1-17-20(8-13-26-17)21(25)24-11-9-22(10-12-24)14-19(15-23(2)16-22)18-6-4-3-5-7-18/h3-8,13,19H,9-12,14-16H2,1-2H3/t19-/m1/s1. The van der Waals surface area contributed by atoms with Crippen LogP contribution in [0.1, 0.15) is 46.9 Å². The first-order valence-electron chi connectivity index (χ1n) is 9.63. The van der Waals surface area contributed by atoms with E-state index in [4.69, 9.17) is 4.42 Å². The molecule has 1 amide bonds. The number of nitrogens with zero attached hydrogens (tertiary/aromatic N) is 2. The minimum absolute atomic E-state index is 0.120. The molecular weight excluding hydrogens is 324 g/mol. The van der Waals surface area contributed by atoms with Crippen LogP contribution in [-0.2, 0) is 0 Å². The third-order valence-corrected chi connectivity index (χ3v) is 6.29. The first-order chi connectivity index (χ1) is 12.6. The van der Waals surface area contributed by atoms with Crippen LogP contribution in [0.5, 0.6) is 0 Å². The summed E-state index contributed by atoms with van der Waals surface area (Å²) in [5.74, 6) is 1.43. The van der Waals surface area contributed by atoms with E-state index in [1.807, 2.05) is 11.8 Å². The zero-order valence-corrected chi connectivity index (χ0v) is 15.8. The molecule has 0 unspecified atom stereocenters. The first kappa shape index (κ1) is 17.3. The second-order valence-electron chi connectivity index (χ2n) is 8.19. The number of likely N-dealkylation sites (N-methyl/N-ethyl adjacent to an activating group) is 1. The number of hydrogen-bond acceptors (Lipinski definition) is 3. The fourth-order valence-electron chi connectivity index (χ4n) is 4.94. The Morgan fingerprint density at radius 3 is 2.54 bits per heavy atom. The SMILES string of the molecule is Cc1occc1C(=O)N1CCC2(CC1)C[C@@H](c1ccccc1)CN(C)C2. The fourth-order valence-corrected chi connectivity index (χ4v) is 4.94. The normalized spacial score (nSPS) is 23.3. The van der Waals surface area contributed by atoms with Crippen LogP contribution in [0.25, 0.3) is 0 Å². The number of amides is 1. The second kappa shape index (κ2) is 6.92. The van der Waals surface area contributed by atoms with E-state index < -0.39 is 0 Å². The van der Waals surface area contributed by atoms with Crippen LogP contribution < -0.4 is 0 Å². The molecule has 4 rings (SSSR count). The molecule has 4 heteroatoms. The summed E-state index contributed by atoms with van der Waals surface area (Å²) in [5, 5.41) is 0. The summed E-state index contributed by atoms with van der Waals surface area (Å²) in [6.45, 7) is 5.82. The van der Waals surface area contributed by atoms with Gasteiger partial charge in [0.05, 0.1) is 11.8 Å². The molecule has 0 radical (unpaired) electrons. The van der Waals surface area contributed by atoms with Gasteiger partial charge in [-0.2, -0.15) is 0 Å². The van der Waals surface area contributed by atoms with E-state index in [2.05, 4.69) is 42.3 Å². The van der Waals surface area contributed by atoms with Gasteiger partial charge in [-0.15, -0.1) is 0 Å². The van der Waals surface area contributed by atoms with E-state index in [0.29, 0.717) is 16.9 Å². The molecule has 2 fully saturated rings. The van der Waals surface area contributed by atoms with E-state index in [-0.39, 0.29) is 5.91 Å². The van der Waals surface area contributed by atoms with Gasteiger partial charge in [0.25, 0.3) is 5.91 Å². The zero-order valence-electron chi connectivity index (χ0n) is 15.8. The topological polar surface area (TPSA) is 36.7 Å². The van der Waals surface area contributed by atoms with Crippen molar-refractivity contribution in [2.75, 3.05) is 33.2 Å². The molecule has 0 N–H and O–H groups in total. The summed E-state index contributed by atoms with van der Waals surface area (Å²) in [4.78, 5) is 17.3. The Kier molecular flexibility index (Phi) is 4.62. The molecule has 0 saturated carbocycles. The number of furan rings is 1. The second-order valence-corrected chi connectivity index (χ2v) is 8.19. The molecule has 4 nitrogen and oxygen atoms in total. The quantitative estimate of drug-likeness (QED) is 0.822. The third kappa shape index (κ3) is 3.30. The Morgan fingerprint density at radius 1 is 1.15 bits per heavy atom. The minimum Gasteiger partial charge on any atom is -0.469 e. The van der Waals surface area contributed by atoms with Crippen LogP contribution in [0.15, 0.2) is 47.1 Å². The Labute approximate surface area is 155 Å². The molecule has 1 aromatic heterocycles. The van der Waals surface area contributed by atoms with E-state index in [1.54, 1.807) is 12.3 Å². The Balaban J connectivity index is 1.45. The highest BCUT2D eigenvalue weighted by Gasteiger charge is 2.42. The molecule has 2 aliphatic heterocycles. The number of benzene rings is 1. The maximum absolute atomic E-state index is 12.8. The lowest BCUT2D eigenvalue weighted by atomic mass is 9.68. The lowest BCUT2D eigenvalue weighted by molar-refractivity contribution is 0.0224. The van der Waals surface area contributed by atoms with Crippen molar-refractivity contribution in [1.82, 2.24) is 9.80 Å². The van der Waals surface area contributed by atoms with Crippen molar-refractivity contribution in [2.45, 2.75) is 32.1 Å². The monoisotopic (exact) mass is 352 g/mol. The maximum Gasteiger partial charge on any atom is 0.257 e. The number of carbonyl (C=O) groups excluding carboxylic acids is 1. The molecule has 2 aromatic rings. The van der Waals surface area contributed by atoms with Gasteiger partial charge in [-0.1, -0.05) is 30.3 Å². The van der Waals surface area contributed by atoms with Crippen LogP contribution >= 0.6 is 0 Å². The third-order valence-electron chi connectivity index (χ3n) is 6.29. The van der Waals surface area contributed by atoms with Crippen molar-refractivity contribution in [3.05, 3.63) is 59.5 Å². The van der Waals surface area contributed by atoms with Gasteiger partial charge in [0, 0.05) is 26.2 Å². The number of rotatable bonds is 2. The van der Waals surface area contributed by atoms with Crippen molar-refractivity contribution in [3.8, 4) is 0 Å². The molecule has 3 heterocycles. The highest BCUT2D eigenvalue weighted by Crippen LogP contribution is 2.44. The maximum atomic E-state index is 12.8. The number of likely N-dealkylation sites (tertiary alicyclic amines) is 2. The Bertz CT molecular complexity index is 759. The first-order valence-corrected chi connectivity index (χ1v) is 9.63. The van der Waals surface area contributed by atoms with Crippen LogP contribution in [0, 0.1) is 12.3 Å². The highest BCUT2D eigenvalue weighted by molar-refractivity contribution is 5.95. The van der Waals surface area contributed by atoms with Crippen molar-refractivity contribution in [1.29, 1.82) is 0 Å². The average Bonchev–Trinajstić information content (AvgIpc) is 3.08. The van der Waals surface area contributed by atoms with Crippen LogP contribution in [0.2, 0.25) is 0 Å². The van der Waals surface area contributed by atoms with Gasteiger partial charge in [-0.25, -0.2) is 0 Å². The van der Waals surface area contributed by atoms with Crippen molar-refractivity contribution in [3.63, 3.8) is 0 Å². The molecule has 2 aliphatic rings. The summed E-state index contributed by atoms with van der Waals surface area (Å²) in [6, 6.07) is 12.7. The summed E-state index contributed by atoms with van der Waals surface area (Å²) in [5.41, 5.74) is 2.49. The molecule has 1 atom stereocenters. The predicted molar refractivity (Wildman–Crippen MR) is 102 cm³/mol. The Morgan fingerprint density at radius 2 is 1.88 bits per heavy atom. The average molecular weight is 352 g/mol. The van der Waals surface area contributed by atoms with Gasteiger partial charge in [0.15, 0.2) is 0 Å². The summed E-state index contributed by atoms with van der Waals surface area (Å²) < 4.78 is 5.31. The predicted octanol–water partition coefficient (Wildman–Crippen LogP) is 3.93. The lowest BCUT2D eigenvalue weighted by Gasteiger charge is -2.49. The van der Waals surface area contributed by atoms with Gasteiger partial charge in [0.2, 0.25) is 0 Å². The van der Waals surface area contributed by atoms with Crippen molar-refractivity contribution in [2.24, 2.45) is 5.41 Å². The number of hydrogen-bond donors (Lipinski definition) is 0. The minimum atomic E-state index is 0.120. The number of carbonyl (C=O) groups is 1. The highest BCUT2D eigenvalue weighted by atomic mass is 16.3. The van der Waals surface area contributed by atoms with Gasteiger partial charge >= 0.3 is 0 Å². The Hall–Kier alpha value is -2.07. The number of aryl methyl sites for hydroxylation is 1. The summed E-state index contributed by atoms with van der Waals surface area (Å²) in [7, 11) is 2.24. The zero-order chi connectivity index (χ0) is 18.1. The van der Waals surface area contributed by atoms with Gasteiger partial charge < -0.3 is 14.2 Å². The van der Waals surface area contributed by atoms with E-state index in [9.17, 15) is 4.79 Å². The smallest absolute Gasteiger partial charge is 0.257 e. The molecular formula is C22H28N2O2. The molecule has 1 spiro atoms. The largest absolute Gasteiger partial charge is 0.469 e. The summed E-state index contributed by atoms with van der Waals surface area (Å²) in [6.07, 6.45) is 5.01. The molecule has 1 aromatic carbocycles. The molecule has 26 heavy (non-hydrogen) atoms. The van der Waals surface area contributed by atoms with Crippen LogP contribution in [-0.4, -0.2) is 48.9 Å². The molecule has 138 valence electrons. The van der Waals surface area contributed by atoms with E-state index in [0.717, 1.165) is 44.8 Å². The van der Waals surface area contributed by atoms with Crippen molar-refractivity contribution >= 4 is 5.91 Å². The fraction of sp³-hybridized carbons (Fsp3) is 0.500. The molecule has 2 saturated heterocycles. The molecule has 0 aliphatic carbocycles. The van der Waals surface area contributed by atoms with Crippen molar-refractivity contribution < 1.29 is 9.21 Å². The van der Waals surface area contributed by atoms with E-state index in [1.165, 1.54) is 12.0 Å².